The van der Waals surface area contributed by atoms with Crippen LogP contribution in [0.3, 0.4) is 0 Å². The molecule has 1 saturated heterocycles. The highest BCUT2D eigenvalue weighted by molar-refractivity contribution is 5.17. The van der Waals surface area contributed by atoms with Gasteiger partial charge >= 0.3 is 0 Å². The summed E-state index contributed by atoms with van der Waals surface area (Å²) in [5, 5.41) is 3.39. The van der Waals surface area contributed by atoms with Crippen molar-refractivity contribution in [1.82, 2.24) is 10.2 Å². The molecule has 1 unspecified atom stereocenters. The Labute approximate surface area is 106 Å². The lowest BCUT2D eigenvalue weighted by atomic mass is 10.2. The van der Waals surface area contributed by atoms with Gasteiger partial charge in [-0.05, 0) is 37.0 Å². The third-order valence-electron chi connectivity index (χ3n) is 3.80. The van der Waals surface area contributed by atoms with Crippen LogP contribution in [0.15, 0.2) is 18.2 Å². The molecule has 1 heterocycles. The summed E-state index contributed by atoms with van der Waals surface area (Å²) in [4.78, 5) is 2.52. The summed E-state index contributed by atoms with van der Waals surface area (Å²) in [5.74, 6) is -1.00. The predicted octanol–water partition coefficient (Wildman–Crippen LogP) is 2.29. The van der Waals surface area contributed by atoms with Gasteiger partial charge in [-0.3, -0.25) is 4.90 Å². The molecule has 2 aliphatic rings. The van der Waals surface area contributed by atoms with Crippen LogP contribution in [0.25, 0.3) is 0 Å². The topological polar surface area (TPSA) is 15.3 Å². The number of nitrogens with zero attached hydrogens (tertiary/aromatic N) is 1. The molecule has 1 aliphatic heterocycles. The van der Waals surface area contributed by atoms with Crippen LogP contribution < -0.4 is 5.32 Å². The van der Waals surface area contributed by atoms with E-state index in [-0.39, 0.29) is 0 Å². The van der Waals surface area contributed by atoms with Crippen molar-refractivity contribution >= 4 is 0 Å². The van der Waals surface area contributed by atoms with Crippen molar-refractivity contribution in [1.29, 1.82) is 0 Å². The van der Waals surface area contributed by atoms with Gasteiger partial charge in [0, 0.05) is 37.8 Å². The van der Waals surface area contributed by atoms with Crippen molar-refractivity contribution in [2.45, 2.75) is 37.9 Å². The fraction of sp³-hybridized carbons (Fsp3) is 0.571. The lowest BCUT2D eigenvalue weighted by Crippen LogP contribution is -2.32. The van der Waals surface area contributed by atoms with Crippen molar-refractivity contribution in [3.05, 3.63) is 35.4 Å². The van der Waals surface area contributed by atoms with Gasteiger partial charge in [0.2, 0.25) is 0 Å². The Morgan fingerprint density at radius 3 is 2.50 bits per heavy atom. The largest absolute Gasteiger partial charge is 0.309 e. The van der Waals surface area contributed by atoms with Crippen molar-refractivity contribution in [2.75, 3.05) is 13.1 Å². The molecule has 4 heteroatoms. The molecule has 2 fully saturated rings. The van der Waals surface area contributed by atoms with Gasteiger partial charge < -0.3 is 5.32 Å². The van der Waals surface area contributed by atoms with Crippen molar-refractivity contribution in [3.63, 3.8) is 0 Å². The van der Waals surface area contributed by atoms with E-state index < -0.39 is 11.6 Å². The Kier molecular flexibility index (Phi) is 3.31. The minimum atomic E-state index is -0.502. The van der Waals surface area contributed by atoms with Crippen LogP contribution in [0.5, 0.6) is 0 Å². The lowest BCUT2D eigenvalue weighted by Gasteiger charge is -2.15. The second-order valence-corrected chi connectivity index (χ2v) is 5.37. The third kappa shape index (κ3) is 2.87. The quantitative estimate of drug-likeness (QED) is 0.884. The number of hydrogen-bond acceptors (Lipinski definition) is 2. The molecular weight excluding hydrogens is 234 g/mol. The molecule has 2 nitrogen and oxygen atoms in total. The average molecular weight is 252 g/mol. The lowest BCUT2D eigenvalue weighted by molar-refractivity contribution is 0.317. The molecule has 1 N–H and O–H groups in total. The van der Waals surface area contributed by atoms with Crippen LogP contribution in [-0.2, 0) is 6.54 Å². The van der Waals surface area contributed by atoms with Crippen LogP contribution in [0.4, 0.5) is 8.78 Å². The van der Waals surface area contributed by atoms with Crippen molar-refractivity contribution in [2.24, 2.45) is 0 Å². The van der Waals surface area contributed by atoms with Gasteiger partial charge in [0.1, 0.15) is 11.6 Å². The van der Waals surface area contributed by atoms with Crippen LogP contribution in [0, 0.1) is 11.6 Å². The van der Waals surface area contributed by atoms with Gasteiger partial charge in [-0.25, -0.2) is 8.78 Å². The van der Waals surface area contributed by atoms with Crippen LogP contribution >= 0.6 is 0 Å². The van der Waals surface area contributed by atoms with Gasteiger partial charge in [-0.15, -0.1) is 0 Å². The van der Waals surface area contributed by atoms with E-state index in [1.54, 1.807) is 0 Å². The number of halogens is 2. The molecule has 1 aromatic carbocycles. The Morgan fingerprint density at radius 2 is 1.83 bits per heavy atom. The molecule has 1 atom stereocenters. The molecule has 1 aliphatic carbocycles. The second kappa shape index (κ2) is 4.94. The SMILES string of the molecule is Fc1cc(F)cc(CNC2CCN(C3CC3)C2)c1. The summed E-state index contributed by atoms with van der Waals surface area (Å²) in [6, 6.07) is 4.96. The van der Waals surface area contributed by atoms with Crippen LogP contribution in [0.1, 0.15) is 24.8 Å². The van der Waals surface area contributed by atoms with Crippen LogP contribution in [-0.4, -0.2) is 30.1 Å². The number of hydrogen-bond donors (Lipinski definition) is 1. The predicted molar refractivity (Wildman–Crippen MR) is 66.2 cm³/mol. The Balaban J connectivity index is 1.51. The first kappa shape index (κ1) is 12.1. The van der Waals surface area contributed by atoms with E-state index in [2.05, 4.69) is 10.2 Å². The first-order valence-electron chi connectivity index (χ1n) is 6.63. The molecule has 1 aromatic rings. The summed E-state index contributed by atoms with van der Waals surface area (Å²) in [5.41, 5.74) is 0.678. The second-order valence-electron chi connectivity index (χ2n) is 5.37. The maximum atomic E-state index is 13.0. The molecule has 0 radical (unpaired) electrons. The molecule has 0 aromatic heterocycles. The Hall–Kier alpha value is -1.00. The zero-order valence-electron chi connectivity index (χ0n) is 10.3. The van der Waals surface area contributed by atoms with E-state index in [0.717, 1.165) is 31.6 Å². The zero-order valence-corrected chi connectivity index (χ0v) is 10.3. The third-order valence-corrected chi connectivity index (χ3v) is 3.80. The minimum Gasteiger partial charge on any atom is -0.309 e. The Bertz CT molecular complexity index is 412. The maximum Gasteiger partial charge on any atom is 0.126 e. The van der Waals surface area contributed by atoms with Crippen LogP contribution in [0.2, 0.25) is 0 Å². The van der Waals surface area contributed by atoms with Gasteiger partial charge in [0.25, 0.3) is 0 Å². The van der Waals surface area contributed by atoms with Crippen molar-refractivity contribution in [3.8, 4) is 0 Å². The molecule has 98 valence electrons. The number of nitrogens with one attached hydrogen (secondary N) is 1. The molecular formula is C14H18F2N2. The standard InChI is InChI=1S/C14H18F2N2/c15-11-5-10(6-12(16)7-11)8-17-13-3-4-18(9-13)14-1-2-14/h5-7,13-14,17H,1-4,8-9H2. The average Bonchev–Trinajstić information content (AvgIpc) is 3.05. The van der Waals surface area contributed by atoms with Crippen molar-refractivity contribution < 1.29 is 8.78 Å². The maximum absolute atomic E-state index is 13.0. The van der Waals surface area contributed by atoms with E-state index in [4.69, 9.17) is 0 Å². The molecule has 1 saturated carbocycles. The molecule has 0 bridgehead atoms. The van der Waals surface area contributed by atoms with E-state index in [9.17, 15) is 8.78 Å². The van der Waals surface area contributed by atoms with E-state index in [0.29, 0.717) is 18.2 Å². The highest BCUT2D eigenvalue weighted by atomic mass is 19.1. The first-order chi connectivity index (χ1) is 8.70. The summed E-state index contributed by atoms with van der Waals surface area (Å²) in [6.07, 6.45) is 3.80. The first-order valence-corrected chi connectivity index (χ1v) is 6.63. The van der Waals surface area contributed by atoms with Gasteiger partial charge in [0.05, 0.1) is 0 Å². The zero-order chi connectivity index (χ0) is 12.5. The summed E-state index contributed by atoms with van der Waals surface area (Å²) in [6.45, 7) is 2.76. The fourth-order valence-electron chi connectivity index (χ4n) is 2.70. The monoisotopic (exact) mass is 252 g/mol. The van der Waals surface area contributed by atoms with E-state index >= 15 is 0 Å². The number of likely N-dealkylation sites (tertiary alicyclic amines) is 1. The van der Waals surface area contributed by atoms with E-state index in [1.807, 2.05) is 0 Å². The smallest absolute Gasteiger partial charge is 0.126 e. The summed E-state index contributed by atoms with van der Waals surface area (Å²) in [7, 11) is 0. The van der Waals surface area contributed by atoms with Gasteiger partial charge in [-0.1, -0.05) is 0 Å². The number of benzene rings is 1. The number of rotatable bonds is 4. The molecule has 18 heavy (non-hydrogen) atoms. The fourth-order valence-corrected chi connectivity index (χ4v) is 2.70. The highest BCUT2D eigenvalue weighted by Crippen LogP contribution is 2.29. The molecule has 3 rings (SSSR count). The Morgan fingerprint density at radius 1 is 1.11 bits per heavy atom. The minimum absolute atomic E-state index is 0.455. The van der Waals surface area contributed by atoms with Gasteiger partial charge in [-0.2, -0.15) is 0 Å². The van der Waals surface area contributed by atoms with Gasteiger partial charge in [0.15, 0.2) is 0 Å². The van der Waals surface area contributed by atoms with E-state index in [1.165, 1.54) is 25.0 Å². The molecule has 0 spiro atoms. The molecule has 0 amide bonds. The summed E-state index contributed by atoms with van der Waals surface area (Å²) >= 11 is 0. The summed E-state index contributed by atoms with van der Waals surface area (Å²) < 4.78 is 26.1. The normalized spacial score (nSPS) is 24.7. The highest BCUT2D eigenvalue weighted by Gasteiger charge is 2.33.